The predicted molar refractivity (Wildman–Crippen MR) is 291 cm³/mol. The van der Waals surface area contributed by atoms with Crippen LogP contribution in [-0.2, 0) is 43.5 Å². The molecular weight excluding hydrogens is 1070 g/mol. The third-order valence-electron chi connectivity index (χ3n) is 12.4. The molecule has 6 aliphatic rings. The molecule has 23 heteroatoms. The third kappa shape index (κ3) is 17.7. The molecule has 4 amide bonds. The van der Waals surface area contributed by atoms with E-state index in [1.165, 1.54) is 29.5 Å². The van der Waals surface area contributed by atoms with Gasteiger partial charge in [-0.2, -0.15) is 23.4 Å². The summed E-state index contributed by atoms with van der Waals surface area (Å²) >= 11 is 16.9. The Hall–Kier alpha value is -3.74. The summed E-state index contributed by atoms with van der Waals surface area (Å²) in [5, 5.41) is 18.0. The van der Waals surface area contributed by atoms with Crippen LogP contribution in [0.3, 0.4) is 0 Å². The monoisotopic (exact) mass is 1150 g/mol. The van der Waals surface area contributed by atoms with Gasteiger partial charge >= 0.3 is 18.2 Å². The van der Waals surface area contributed by atoms with Crippen molar-refractivity contribution in [1.82, 2.24) is 25.8 Å². The lowest BCUT2D eigenvalue weighted by Crippen LogP contribution is -2.49. The lowest BCUT2D eigenvalue weighted by atomic mass is 10.1. The fourth-order valence-electron chi connectivity index (χ4n) is 8.73. The number of nitrogens with zero attached hydrogens (tertiary/aromatic N) is 2. The molecule has 0 spiro atoms. The van der Waals surface area contributed by atoms with Crippen LogP contribution in [0.4, 0.5) is 22.8 Å². The zero-order valence-corrected chi connectivity index (χ0v) is 46.4. The molecular formula is C50H72Cl4F3N6O8PS. The highest BCUT2D eigenvalue weighted by Gasteiger charge is 2.58. The van der Waals surface area contributed by atoms with Crippen molar-refractivity contribution in [2.75, 3.05) is 0 Å². The number of likely N-dealkylation sites (tertiary alicyclic amines) is 2. The van der Waals surface area contributed by atoms with E-state index in [1.54, 1.807) is 82.8 Å². The first-order chi connectivity index (χ1) is 32.4. The molecule has 0 aromatic heterocycles. The maximum absolute atomic E-state index is 13.9. The number of nitrogens with one attached hydrogen (secondary N) is 3. The largest absolute Gasteiger partial charge is 0.480 e. The molecule has 410 valence electrons. The van der Waals surface area contributed by atoms with Gasteiger partial charge in [0, 0.05) is 55.9 Å². The van der Waals surface area contributed by atoms with Crippen LogP contribution in [0, 0.1) is 35.2 Å². The molecule has 3 aromatic rings. The average molecular weight is 1150 g/mol. The minimum absolute atomic E-state index is 0. The van der Waals surface area contributed by atoms with Crippen LogP contribution in [0.15, 0.2) is 54.6 Å². The SMILES string of the molecule is C.CC(C)(C)OC(=O)N1[C@@H]2C[C@@H]2C[C@H]1C(=O)NCc1cccc(Cl)c1F.CC(C)(C)OC(=O)N1[C@@H]2C[C@@H]2C[C@H]1C(=O)O.Cl.NCc1cccc(Cl)c1F.O=C(NCc1cccc(Cl)c1F)[C@@H]1C[C@H]2C[C@H]2N1.P.S.[3HH]. The number of amides is 4. The topological polar surface area (TPSA) is 193 Å². The standard InChI is InChI=1S/C18H22ClFN2O3.C13H14ClFN2O.C11H17NO4.C7H7ClFN.CH4.ClH.H3P.H2S.H2/c1-18(2,3)25-17(24)22-13-7-11(13)8-14(22)16(23)21-9-10-5-4-6-12(19)15(10)20;14-9-3-1-2-7(12(9)15)6-16-13(18)11-5-8-4-10(8)17-11;1-11(2,3)16-10(15)12-7-4-6(7)5-8(12)9(13)14;8-6-3-1-2-5(4-10)7(6)9;;;;;/h4-6,11,13-14H,7-9H2,1-3H3,(H,21,23);1-3,8,10-11,17H,4-6H2,(H,16,18);6-8H,4-5H2,1-3H3,(H,13,14);1-3H,4,10H2;1H4;1H;1H3;1H2;1H/t11-,13-,14+;8-,10-,11+;6-,7-,8+;;;;;;/m111....../s1/i;;;;;;;;1+2. The highest BCUT2D eigenvalue weighted by molar-refractivity contribution is 7.59. The molecule has 10 atom stereocenters. The van der Waals surface area contributed by atoms with Crippen molar-refractivity contribution in [1.29, 1.82) is 0 Å². The van der Waals surface area contributed by atoms with Gasteiger partial charge in [-0.3, -0.25) is 19.4 Å². The average Bonchev–Trinajstić information content (AvgIpc) is 4.24. The maximum Gasteiger partial charge on any atom is 0.411 e. The number of rotatable bonds is 8. The number of carboxylic acids is 1. The maximum atomic E-state index is 13.9. The van der Waals surface area contributed by atoms with Crippen molar-refractivity contribution >= 4 is 101 Å². The van der Waals surface area contributed by atoms with Crippen LogP contribution in [0.2, 0.25) is 15.1 Å². The molecule has 0 radical (unpaired) electrons. The Morgan fingerprint density at radius 2 is 1.07 bits per heavy atom. The molecule has 6 fully saturated rings. The number of piperidine rings is 3. The summed E-state index contributed by atoms with van der Waals surface area (Å²) in [5.74, 6) is -1.29. The lowest BCUT2D eigenvalue weighted by Gasteiger charge is -2.29. The van der Waals surface area contributed by atoms with Gasteiger partial charge < -0.3 is 36.3 Å². The molecule has 3 aliphatic carbocycles. The van der Waals surface area contributed by atoms with Crippen LogP contribution in [-0.4, -0.2) is 92.3 Å². The quantitative estimate of drug-likeness (QED) is 0.136. The van der Waals surface area contributed by atoms with Gasteiger partial charge in [-0.15, -0.1) is 12.4 Å². The molecule has 3 aliphatic heterocycles. The molecule has 14 nitrogen and oxygen atoms in total. The number of hydrogen-bond donors (Lipinski definition) is 5. The Labute approximate surface area is 459 Å². The first-order valence-electron chi connectivity index (χ1n) is 22.9. The number of ether oxygens (including phenoxy) is 2. The first kappa shape index (κ1) is 65.4. The fourth-order valence-corrected chi connectivity index (χ4v) is 9.31. The first-order valence-corrected chi connectivity index (χ1v) is 24.1. The Morgan fingerprint density at radius 3 is 1.45 bits per heavy atom. The second-order valence-corrected chi connectivity index (χ2v) is 21.3. The smallest absolute Gasteiger partial charge is 0.411 e. The zero-order chi connectivity index (χ0) is 50.7. The van der Waals surface area contributed by atoms with Gasteiger partial charge in [-0.1, -0.05) is 78.6 Å². The van der Waals surface area contributed by atoms with E-state index in [4.69, 9.17) is 55.1 Å². The second-order valence-electron chi connectivity index (χ2n) is 20.1. The summed E-state index contributed by atoms with van der Waals surface area (Å²) < 4.78 is 51.0. The summed E-state index contributed by atoms with van der Waals surface area (Å²) in [6.45, 7) is 11.1. The Bertz CT molecular complexity index is 2420. The molecule has 6 N–H and O–H groups in total. The van der Waals surface area contributed by atoms with Crippen LogP contribution in [0.5, 0.6) is 0 Å². The molecule has 73 heavy (non-hydrogen) atoms. The van der Waals surface area contributed by atoms with Crippen LogP contribution < -0.4 is 21.7 Å². The van der Waals surface area contributed by atoms with E-state index in [-0.39, 0.29) is 109 Å². The fraction of sp³-hybridized carbons (Fsp3) is 0.540. The number of hydrogen-bond acceptors (Lipinski definition) is 9. The molecule has 3 aromatic carbocycles. The van der Waals surface area contributed by atoms with Crippen LogP contribution in [0.25, 0.3) is 0 Å². The minimum atomic E-state index is -0.932. The lowest BCUT2D eigenvalue weighted by molar-refractivity contribution is -0.142. The number of carboxylic acid groups (broad SMARTS) is 1. The van der Waals surface area contributed by atoms with E-state index in [0.717, 1.165) is 19.3 Å². The number of carbonyl (C=O) groups is 5. The summed E-state index contributed by atoms with van der Waals surface area (Å²) in [6, 6.07) is 13.6. The van der Waals surface area contributed by atoms with E-state index in [0.29, 0.717) is 53.3 Å². The van der Waals surface area contributed by atoms with Gasteiger partial charge in [-0.25, -0.2) is 27.6 Å². The zero-order valence-electron chi connectivity index (χ0n) is 40.9. The van der Waals surface area contributed by atoms with Crippen molar-refractivity contribution in [3.63, 3.8) is 0 Å². The normalized spacial score (nSPS) is 24.0. The van der Waals surface area contributed by atoms with Crippen molar-refractivity contribution in [3.05, 3.63) is 104 Å². The number of nitrogens with two attached hydrogens (primary N) is 1. The third-order valence-corrected chi connectivity index (χ3v) is 13.3. The van der Waals surface area contributed by atoms with Gasteiger partial charge in [0.2, 0.25) is 11.8 Å². The summed E-state index contributed by atoms with van der Waals surface area (Å²) in [5.41, 5.74) is 5.21. The number of benzene rings is 3. The van der Waals surface area contributed by atoms with E-state index >= 15 is 0 Å². The van der Waals surface area contributed by atoms with E-state index in [9.17, 15) is 37.1 Å². The molecule has 0 bridgehead atoms. The second kappa shape index (κ2) is 27.3. The summed E-state index contributed by atoms with van der Waals surface area (Å²) in [6.07, 6.45) is 4.14. The molecule has 3 heterocycles. The van der Waals surface area contributed by atoms with Gasteiger partial charge in [0.1, 0.15) is 40.7 Å². The van der Waals surface area contributed by atoms with Crippen molar-refractivity contribution in [3.8, 4) is 0 Å². The minimum Gasteiger partial charge on any atom is -0.480 e. The van der Waals surface area contributed by atoms with Crippen LogP contribution in [0.1, 0.15) is 106 Å². The van der Waals surface area contributed by atoms with Crippen molar-refractivity contribution in [2.24, 2.45) is 23.5 Å². The van der Waals surface area contributed by atoms with E-state index in [1.807, 2.05) is 0 Å². The van der Waals surface area contributed by atoms with Gasteiger partial charge in [0.25, 0.3) is 0 Å². The van der Waals surface area contributed by atoms with E-state index < -0.39 is 58.9 Å². The molecule has 1 unspecified atom stereocenters. The summed E-state index contributed by atoms with van der Waals surface area (Å²) in [4.78, 5) is 62.6. The Kier molecular flexibility index (Phi) is 24.5. The molecule has 9 rings (SSSR count). The van der Waals surface area contributed by atoms with Gasteiger partial charge in [0.05, 0.1) is 21.1 Å². The Morgan fingerprint density at radius 1 is 0.671 bits per heavy atom. The molecule has 3 saturated carbocycles. The Balaban J connectivity index is 0.000000502. The summed E-state index contributed by atoms with van der Waals surface area (Å²) in [7, 11) is 0. The number of carbonyl (C=O) groups excluding carboxylic acids is 4. The predicted octanol–water partition coefficient (Wildman–Crippen LogP) is 10.2. The van der Waals surface area contributed by atoms with Crippen LogP contribution >= 0.6 is 70.6 Å². The number of halogens is 7. The molecule has 3 saturated heterocycles. The van der Waals surface area contributed by atoms with Gasteiger partial charge in [-0.05, 0) is 116 Å². The number of aliphatic carboxylic acids is 1. The van der Waals surface area contributed by atoms with Gasteiger partial charge in [0.15, 0.2) is 0 Å². The van der Waals surface area contributed by atoms with Crippen molar-refractivity contribution < 1.29 is 53.2 Å². The van der Waals surface area contributed by atoms with E-state index in [2.05, 4.69) is 16.0 Å². The highest BCUT2D eigenvalue weighted by atomic mass is 35.5. The number of fused-ring (bicyclic) bond motifs is 3. The van der Waals surface area contributed by atoms with Crippen molar-refractivity contribution in [2.45, 2.75) is 155 Å². The highest BCUT2D eigenvalue weighted by Crippen LogP contribution is 2.49.